The fraction of sp³-hybridized carbons (Fsp3) is 0.619. The van der Waals surface area contributed by atoms with Gasteiger partial charge >= 0.3 is 0 Å². The molecule has 0 aromatic heterocycles. The molecule has 2 heterocycles. The Morgan fingerprint density at radius 1 is 0.648 bits per heavy atom. The lowest BCUT2D eigenvalue weighted by molar-refractivity contribution is -0.125. The van der Waals surface area contributed by atoms with Crippen LogP contribution in [0, 0.1) is 11.8 Å². The van der Waals surface area contributed by atoms with Gasteiger partial charge < -0.3 is 41.3 Å². The molecule has 298 valence electrons. The number of nitrogens with one attached hydrogen (secondary N) is 4. The molecule has 6 N–H and O–H groups in total. The normalized spacial score (nSPS) is 20.3. The number of carbonyl (C=O) groups is 4. The van der Waals surface area contributed by atoms with E-state index in [1.54, 1.807) is 0 Å². The number of hydrogen-bond acceptors (Lipinski definition) is 8. The third kappa shape index (κ3) is 11.7. The molecule has 0 bridgehead atoms. The predicted molar refractivity (Wildman–Crippen MR) is 216 cm³/mol. The van der Waals surface area contributed by atoms with E-state index in [0.717, 1.165) is 85.2 Å². The van der Waals surface area contributed by atoms with Crippen molar-refractivity contribution in [3.63, 3.8) is 0 Å². The number of aliphatic hydroxyl groups excluding tert-OH is 2. The molecule has 4 amide bonds. The van der Waals surface area contributed by atoms with Gasteiger partial charge in [-0.25, -0.2) is 0 Å². The van der Waals surface area contributed by atoms with E-state index in [1.807, 2.05) is 88.0 Å². The minimum atomic E-state index is -0.380. The molecule has 12 nitrogen and oxygen atoms in total. The zero-order chi connectivity index (χ0) is 39.4. The van der Waals surface area contributed by atoms with Crippen LogP contribution in [0.15, 0.2) is 36.4 Å². The van der Waals surface area contributed by atoms with Crippen molar-refractivity contribution in [1.29, 1.82) is 0 Å². The van der Waals surface area contributed by atoms with Gasteiger partial charge in [0, 0.05) is 49.7 Å². The summed E-state index contributed by atoms with van der Waals surface area (Å²) in [5.74, 6) is -0.0458. The smallest absolute Gasteiger partial charge is 0.243 e. The van der Waals surface area contributed by atoms with Crippen molar-refractivity contribution in [2.24, 2.45) is 11.8 Å². The lowest BCUT2D eigenvalue weighted by Gasteiger charge is -2.37. The lowest BCUT2D eigenvalue weighted by atomic mass is 9.95. The van der Waals surface area contributed by atoms with Crippen LogP contribution in [-0.2, 0) is 32.0 Å². The maximum atomic E-state index is 12.9. The largest absolute Gasteiger partial charge is 0.394 e. The Labute approximate surface area is 321 Å². The highest BCUT2D eigenvalue weighted by atomic mass is 16.3. The maximum Gasteiger partial charge on any atom is 0.243 e. The second-order valence-corrected chi connectivity index (χ2v) is 15.9. The van der Waals surface area contributed by atoms with Crippen molar-refractivity contribution in [3.05, 3.63) is 47.5 Å². The van der Waals surface area contributed by atoms with Gasteiger partial charge in [0.25, 0.3) is 0 Å². The monoisotopic (exact) mass is 748 g/mol. The highest BCUT2D eigenvalue weighted by molar-refractivity contribution is 5.93. The fourth-order valence-corrected chi connectivity index (χ4v) is 8.00. The van der Waals surface area contributed by atoms with Gasteiger partial charge in [-0.15, -0.1) is 0 Å². The molecule has 54 heavy (non-hydrogen) atoms. The topological polar surface area (TPSA) is 163 Å². The zero-order valence-corrected chi connectivity index (χ0v) is 33.2. The molecular weight excluding hydrogens is 684 g/mol. The first-order valence-electron chi connectivity index (χ1n) is 20.0. The summed E-state index contributed by atoms with van der Waals surface area (Å²) in [6, 6.07) is 10.1. The number of likely N-dealkylation sites (N-methyl/N-ethyl adjacent to an activating group) is 2. The third-order valence-electron chi connectivity index (χ3n) is 10.7. The van der Waals surface area contributed by atoms with E-state index in [-0.39, 0.29) is 72.8 Å². The van der Waals surface area contributed by atoms with E-state index in [9.17, 15) is 29.4 Å². The highest BCUT2D eigenvalue weighted by Crippen LogP contribution is 2.31. The van der Waals surface area contributed by atoms with Crippen molar-refractivity contribution < 1.29 is 29.4 Å². The molecule has 0 aliphatic carbocycles. The van der Waals surface area contributed by atoms with E-state index >= 15 is 0 Å². The third-order valence-corrected chi connectivity index (χ3v) is 10.7. The summed E-state index contributed by atoms with van der Waals surface area (Å²) in [6.07, 6.45) is 9.81. The van der Waals surface area contributed by atoms with Crippen molar-refractivity contribution in [2.75, 3.05) is 47.7 Å². The molecule has 0 saturated carbocycles. The van der Waals surface area contributed by atoms with Gasteiger partial charge in [-0.1, -0.05) is 66.2 Å². The molecule has 2 aliphatic heterocycles. The van der Waals surface area contributed by atoms with Gasteiger partial charge in [0.05, 0.1) is 25.3 Å². The number of hydrogen-bond donors (Lipinski definition) is 6. The molecule has 4 atom stereocenters. The van der Waals surface area contributed by atoms with Gasteiger partial charge in [0.2, 0.25) is 23.6 Å². The summed E-state index contributed by atoms with van der Waals surface area (Å²) in [4.78, 5) is 55.2. The molecule has 2 aliphatic rings. The average Bonchev–Trinajstić information content (AvgIpc) is 3.10. The molecule has 2 aromatic carbocycles. The predicted octanol–water partition coefficient (Wildman–Crippen LogP) is 5.15. The standard InChI is InChI=1S/C42H64N6O6/c1-27(2)39-41(53)45-33(25-49)23-29-21-31(17-19-35(29)47(39)5)43-37(51)15-13-11-9-7-8-10-12-14-16-38(52)44-32-18-20-36-30(22-32)24-34(26-50)46-42(54)40(28(3)4)48(36)6/h17-22,27-28,33-34,39-40,49-50H,7-16,23-26H2,1-6H3,(H,43,51)(H,44,52)(H,45,53)(H,46,54)/t33-,34+,39-,40+. The molecule has 0 unspecified atom stereocenters. The number of fused-ring (bicyclic) bond motifs is 2. The van der Waals surface area contributed by atoms with Crippen LogP contribution in [0.25, 0.3) is 0 Å². The van der Waals surface area contributed by atoms with E-state index in [4.69, 9.17) is 0 Å². The number of benzene rings is 2. The highest BCUT2D eigenvalue weighted by Gasteiger charge is 2.33. The Bertz CT molecular complexity index is 1460. The quantitative estimate of drug-likeness (QED) is 0.121. The van der Waals surface area contributed by atoms with Crippen molar-refractivity contribution in [3.8, 4) is 0 Å². The molecule has 12 heteroatoms. The maximum absolute atomic E-state index is 12.9. The fourth-order valence-electron chi connectivity index (χ4n) is 8.00. The number of aliphatic hydroxyl groups is 2. The van der Waals surface area contributed by atoms with Gasteiger partial charge in [0.1, 0.15) is 12.1 Å². The summed E-state index contributed by atoms with van der Waals surface area (Å²) in [5, 5.41) is 31.8. The first-order chi connectivity index (χ1) is 25.8. The average molecular weight is 749 g/mol. The lowest BCUT2D eigenvalue weighted by Crippen LogP contribution is -2.54. The molecular formula is C42H64N6O6. The number of nitrogens with zero attached hydrogens (tertiary/aromatic N) is 2. The van der Waals surface area contributed by atoms with Crippen molar-refractivity contribution >= 4 is 46.4 Å². The van der Waals surface area contributed by atoms with E-state index in [1.165, 1.54) is 0 Å². The van der Waals surface area contributed by atoms with Gasteiger partial charge in [0.15, 0.2) is 0 Å². The summed E-state index contributed by atoms with van der Waals surface area (Å²) in [5.41, 5.74) is 5.27. The Hall–Kier alpha value is -4.16. The Morgan fingerprint density at radius 2 is 1.00 bits per heavy atom. The van der Waals surface area contributed by atoms with Crippen LogP contribution in [0.5, 0.6) is 0 Å². The number of unbranched alkanes of at least 4 members (excludes halogenated alkanes) is 7. The second kappa shape index (κ2) is 20.5. The van der Waals surface area contributed by atoms with E-state index in [2.05, 4.69) is 21.3 Å². The Balaban J connectivity index is 1.12. The van der Waals surface area contributed by atoms with Crippen LogP contribution in [0.3, 0.4) is 0 Å². The number of carbonyl (C=O) groups excluding carboxylic acids is 4. The SMILES string of the molecule is CC(C)[C@H]1C(=O)N[C@H](CO)Cc2cc(NC(=O)CCCCCCCCCCC(=O)Nc3ccc4c(c3)C[C@H](CO)NC(=O)[C@@H](C(C)C)N4C)ccc2N1C. The second-order valence-electron chi connectivity index (χ2n) is 15.9. The molecule has 0 spiro atoms. The van der Waals surface area contributed by atoms with Gasteiger partial charge in [-0.2, -0.15) is 0 Å². The van der Waals surface area contributed by atoms with E-state index < -0.39 is 0 Å². The summed E-state index contributed by atoms with van der Waals surface area (Å²) < 4.78 is 0. The molecule has 2 aromatic rings. The number of amides is 4. The molecule has 0 fully saturated rings. The number of rotatable bonds is 17. The summed E-state index contributed by atoms with van der Waals surface area (Å²) in [7, 11) is 3.83. The number of anilines is 4. The van der Waals surface area contributed by atoms with Crippen LogP contribution >= 0.6 is 0 Å². The zero-order valence-electron chi connectivity index (χ0n) is 33.2. The first-order valence-corrected chi connectivity index (χ1v) is 20.0. The van der Waals surface area contributed by atoms with Crippen molar-refractivity contribution in [1.82, 2.24) is 10.6 Å². The Kier molecular flexibility index (Phi) is 16.2. The van der Waals surface area contributed by atoms with E-state index in [0.29, 0.717) is 25.7 Å². The summed E-state index contributed by atoms with van der Waals surface area (Å²) >= 11 is 0. The molecule has 0 radical (unpaired) electrons. The first kappa shape index (κ1) is 42.6. The van der Waals surface area contributed by atoms with Gasteiger partial charge in [-0.3, -0.25) is 19.2 Å². The van der Waals surface area contributed by atoms with Gasteiger partial charge in [-0.05, 0) is 85.0 Å². The summed E-state index contributed by atoms with van der Waals surface area (Å²) in [6.45, 7) is 7.73. The van der Waals surface area contributed by atoms with Crippen LogP contribution < -0.4 is 31.1 Å². The van der Waals surface area contributed by atoms with Crippen LogP contribution in [0.4, 0.5) is 22.7 Å². The molecule has 0 saturated heterocycles. The van der Waals surface area contributed by atoms with Crippen LogP contribution in [0.2, 0.25) is 0 Å². The molecule has 4 rings (SSSR count). The van der Waals surface area contributed by atoms with Crippen molar-refractivity contribution in [2.45, 2.75) is 129 Å². The minimum Gasteiger partial charge on any atom is -0.394 e. The van der Waals surface area contributed by atoms with Crippen LogP contribution in [0.1, 0.15) is 103 Å². The van der Waals surface area contributed by atoms with Crippen LogP contribution in [-0.4, -0.2) is 85.3 Å². The Morgan fingerprint density at radius 3 is 1.33 bits per heavy atom. The minimum absolute atomic E-state index is 0.0178.